The molecular formula is C15H14ClN3S. The van der Waals surface area contributed by atoms with Crippen molar-refractivity contribution in [1.29, 1.82) is 0 Å². The molecule has 0 spiro atoms. The van der Waals surface area contributed by atoms with Crippen LogP contribution in [0.2, 0.25) is 5.02 Å². The molecule has 3 rings (SSSR count). The van der Waals surface area contributed by atoms with Crippen LogP contribution in [0.1, 0.15) is 25.6 Å². The first-order valence-corrected chi connectivity index (χ1v) is 7.61. The smallest absolute Gasteiger partial charge is 0.160 e. The Balaban J connectivity index is 1.98. The Kier molecular flexibility index (Phi) is 3.68. The van der Waals surface area contributed by atoms with Gasteiger partial charge in [0.05, 0.1) is 0 Å². The summed E-state index contributed by atoms with van der Waals surface area (Å²) >= 11 is 7.70. The summed E-state index contributed by atoms with van der Waals surface area (Å²) in [6, 6.07) is 11.9. The molecule has 5 heteroatoms. The third-order valence-corrected chi connectivity index (χ3v) is 4.15. The van der Waals surface area contributed by atoms with Crippen molar-refractivity contribution in [3.63, 3.8) is 0 Å². The van der Waals surface area contributed by atoms with E-state index < -0.39 is 0 Å². The first-order chi connectivity index (χ1) is 9.63. The fraction of sp³-hybridized carbons (Fsp3) is 0.200. The van der Waals surface area contributed by atoms with Crippen LogP contribution >= 0.6 is 23.4 Å². The number of aromatic nitrogens is 3. The summed E-state index contributed by atoms with van der Waals surface area (Å²) in [7, 11) is 0. The SMILES string of the molecule is CC(C)c1nnc2ccc(Sc3cccc(Cl)c3)cn12. The van der Waals surface area contributed by atoms with Crippen LogP contribution in [0.15, 0.2) is 52.4 Å². The van der Waals surface area contributed by atoms with E-state index in [4.69, 9.17) is 11.6 Å². The molecule has 20 heavy (non-hydrogen) atoms. The molecule has 0 bridgehead atoms. The summed E-state index contributed by atoms with van der Waals surface area (Å²) in [5.41, 5.74) is 0.879. The molecule has 0 N–H and O–H groups in total. The van der Waals surface area contributed by atoms with Gasteiger partial charge in [-0.2, -0.15) is 0 Å². The van der Waals surface area contributed by atoms with E-state index in [1.165, 1.54) is 0 Å². The number of fused-ring (bicyclic) bond motifs is 1. The van der Waals surface area contributed by atoms with Gasteiger partial charge < -0.3 is 0 Å². The van der Waals surface area contributed by atoms with Crippen LogP contribution in [-0.2, 0) is 0 Å². The summed E-state index contributed by atoms with van der Waals surface area (Å²) in [5.74, 6) is 1.32. The van der Waals surface area contributed by atoms with E-state index in [0.29, 0.717) is 5.92 Å². The van der Waals surface area contributed by atoms with Gasteiger partial charge in [-0.05, 0) is 30.3 Å². The first kappa shape index (κ1) is 13.5. The molecule has 0 aliphatic carbocycles. The molecule has 0 saturated carbocycles. The van der Waals surface area contributed by atoms with Crippen molar-refractivity contribution in [2.75, 3.05) is 0 Å². The average molecular weight is 304 g/mol. The number of nitrogens with zero attached hydrogens (tertiary/aromatic N) is 3. The van der Waals surface area contributed by atoms with Crippen LogP contribution in [0.25, 0.3) is 5.65 Å². The second-order valence-corrected chi connectivity index (χ2v) is 6.45. The zero-order valence-corrected chi connectivity index (χ0v) is 12.8. The second-order valence-electron chi connectivity index (χ2n) is 4.87. The maximum absolute atomic E-state index is 6.02. The van der Waals surface area contributed by atoms with Crippen LogP contribution in [0.5, 0.6) is 0 Å². The molecule has 0 fully saturated rings. The minimum absolute atomic E-state index is 0.344. The van der Waals surface area contributed by atoms with Gasteiger partial charge >= 0.3 is 0 Å². The highest BCUT2D eigenvalue weighted by atomic mass is 35.5. The standard InChI is InChI=1S/C15H14ClN3S/c1-10(2)15-18-17-14-7-6-13(9-19(14)15)20-12-5-3-4-11(16)8-12/h3-10H,1-2H3. The van der Waals surface area contributed by atoms with Crippen molar-refractivity contribution in [1.82, 2.24) is 14.6 Å². The fourth-order valence-corrected chi connectivity index (χ4v) is 3.16. The average Bonchev–Trinajstić information content (AvgIpc) is 2.82. The Hall–Kier alpha value is -1.52. The fourth-order valence-electron chi connectivity index (χ4n) is 2.01. The predicted octanol–water partition coefficient (Wildman–Crippen LogP) is 4.66. The van der Waals surface area contributed by atoms with Crippen molar-refractivity contribution >= 4 is 29.0 Å². The monoisotopic (exact) mass is 303 g/mol. The molecule has 0 aliphatic rings. The van der Waals surface area contributed by atoms with Gasteiger partial charge in [0.15, 0.2) is 5.65 Å². The molecule has 0 atom stereocenters. The van der Waals surface area contributed by atoms with Crippen molar-refractivity contribution in [3.8, 4) is 0 Å². The number of benzene rings is 1. The van der Waals surface area contributed by atoms with Gasteiger partial charge in [-0.15, -0.1) is 10.2 Å². The van der Waals surface area contributed by atoms with Gasteiger partial charge in [-0.1, -0.05) is 43.3 Å². The van der Waals surface area contributed by atoms with Crippen LogP contribution in [0, 0.1) is 0 Å². The molecule has 3 nitrogen and oxygen atoms in total. The summed E-state index contributed by atoms with van der Waals surface area (Å²) in [6.07, 6.45) is 2.08. The van der Waals surface area contributed by atoms with Crippen LogP contribution < -0.4 is 0 Å². The van der Waals surface area contributed by atoms with E-state index in [0.717, 1.165) is 26.3 Å². The van der Waals surface area contributed by atoms with Crippen molar-refractivity contribution in [2.24, 2.45) is 0 Å². The van der Waals surface area contributed by atoms with Gasteiger partial charge in [0.25, 0.3) is 0 Å². The van der Waals surface area contributed by atoms with E-state index in [1.54, 1.807) is 11.8 Å². The lowest BCUT2D eigenvalue weighted by Gasteiger charge is -2.06. The quantitative estimate of drug-likeness (QED) is 0.705. The summed E-state index contributed by atoms with van der Waals surface area (Å²) < 4.78 is 2.05. The lowest BCUT2D eigenvalue weighted by Crippen LogP contribution is -1.96. The van der Waals surface area contributed by atoms with Crippen LogP contribution in [0.3, 0.4) is 0 Å². The molecule has 2 heterocycles. The number of halogens is 1. The zero-order valence-electron chi connectivity index (χ0n) is 11.2. The van der Waals surface area contributed by atoms with Crippen LogP contribution in [-0.4, -0.2) is 14.6 Å². The maximum atomic E-state index is 6.02. The Labute approximate surface area is 127 Å². The third kappa shape index (κ3) is 2.67. The maximum Gasteiger partial charge on any atom is 0.160 e. The Morgan fingerprint density at radius 1 is 1.10 bits per heavy atom. The van der Waals surface area contributed by atoms with E-state index in [-0.39, 0.29) is 0 Å². The molecule has 0 amide bonds. The molecular weight excluding hydrogens is 290 g/mol. The molecule has 0 radical (unpaired) electrons. The van der Waals surface area contributed by atoms with E-state index in [9.17, 15) is 0 Å². The topological polar surface area (TPSA) is 30.2 Å². The van der Waals surface area contributed by atoms with E-state index in [1.807, 2.05) is 24.3 Å². The van der Waals surface area contributed by atoms with Gasteiger partial charge in [0.2, 0.25) is 0 Å². The zero-order chi connectivity index (χ0) is 14.1. The normalized spacial score (nSPS) is 11.4. The number of hydrogen-bond donors (Lipinski definition) is 0. The second kappa shape index (κ2) is 5.46. The summed E-state index contributed by atoms with van der Waals surface area (Å²) in [6.45, 7) is 4.24. The Morgan fingerprint density at radius 2 is 1.95 bits per heavy atom. The molecule has 2 aromatic heterocycles. The predicted molar refractivity (Wildman–Crippen MR) is 82.7 cm³/mol. The van der Waals surface area contributed by atoms with Crippen LogP contribution in [0.4, 0.5) is 0 Å². The largest absolute Gasteiger partial charge is 0.285 e. The van der Waals surface area contributed by atoms with Gasteiger partial charge in [0.1, 0.15) is 5.82 Å². The van der Waals surface area contributed by atoms with E-state index in [2.05, 4.69) is 46.8 Å². The van der Waals surface area contributed by atoms with Gasteiger partial charge in [-0.25, -0.2) is 0 Å². The highest BCUT2D eigenvalue weighted by Gasteiger charge is 2.09. The lowest BCUT2D eigenvalue weighted by molar-refractivity contribution is 0.756. The summed E-state index contributed by atoms with van der Waals surface area (Å²) in [4.78, 5) is 2.26. The Morgan fingerprint density at radius 3 is 2.70 bits per heavy atom. The highest BCUT2D eigenvalue weighted by Crippen LogP contribution is 2.30. The molecule has 3 aromatic rings. The highest BCUT2D eigenvalue weighted by molar-refractivity contribution is 7.99. The summed E-state index contributed by atoms with van der Waals surface area (Å²) in [5, 5.41) is 9.18. The minimum Gasteiger partial charge on any atom is -0.285 e. The van der Waals surface area contributed by atoms with Gasteiger partial charge in [0, 0.05) is 26.9 Å². The first-order valence-electron chi connectivity index (χ1n) is 6.41. The van der Waals surface area contributed by atoms with Crippen molar-refractivity contribution in [2.45, 2.75) is 29.6 Å². The minimum atomic E-state index is 0.344. The number of pyridine rings is 1. The van der Waals surface area contributed by atoms with Crippen molar-refractivity contribution in [3.05, 3.63) is 53.4 Å². The third-order valence-electron chi connectivity index (χ3n) is 2.95. The van der Waals surface area contributed by atoms with Gasteiger partial charge in [-0.3, -0.25) is 4.40 Å². The van der Waals surface area contributed by atoms with Crippen molar-refractivity contribution < 1.29 is 0 Å². The lowest BCUT2D eigenvalue weighted by atomic mass is 10.2. The molecule has 1 aromatic carbocycles. The number of hydrogen-bond acceptors (Lipinski definition) is 3. The molecule has 0 saturated heterocycles. The molecule has 0 aliphatic heterocycles. The Bertz CT molecular complexity index is 752. The molecule has 102 valence electrons. The van der Waals surface area contributed by atoms with E-state index >= 15 is 0 Å². The molecule has 0 unspecified atom stereocenters. The number of rotatable bonds is 3.